The van der Waals surface area contributed by atoms with E-state index in [0.717, 1.165) is 4.90 Å². The number of likely N-dealkylation sites (tertiary alicyclic amines) is 1. The van der Waals surface area contributed by atoms with Crippen LogP contribution in [-0.2, 0) is 17.1 Å². The van der Waals surface area contributed by atoms with E-state index in [-0.39, 0.29) is 18.2 Å². The molecule has 2 aliphatic rings. The highest BCUT2D eigenvalue weighted by molar-refractivity contribution is 5.76. The summed E-state index contributed by atoms with van der Waals surface area (Å²) < 4.78 is 94.6. The molecule has 41 heavy (non-hydrogen) atoms. The van der Waals surface area contributed by atoms with E-state index in [2.05, 4.69) is 5.32 Å². The van der Waals surface area contributed by atoms with Crippen molar-refractivity contribution in [2.75, 3.05) is 13.6 Å². The zero-order valence-electron chi connectivity index (χ0n) is 22.5. The number of aryl methyl sites for hydroxylation is 1. The lowest BCUT2D eigenvalue weighted by molar-refractivity contribution is -0.143. The molecule has 2 aromatic carbocycles. The van der Waals surface area contributed by atoms with E-state index in [0.29, 0.717) is 48.9 Å². The fourth-order valence-corrected chi connectivity index (χ4v) is 5.88. The minimum atomic E-state index is -5.03. The van der Waals surface area contributed by atoms with Crippen LogP contribution in [0.4, 0.5) is 35.5 Å². The molecule has 0 unspecified atom stereocenters. The number of carboxylic acids is 1. The molecular weight excluding hydrogens is 559 g/mol. The standard InChI is InChI=1S/C28H30F7N3O3/c1-15-10-20(29)4-5-21(15)23-14-26(7-6-22(36-26)24(39)40)8-9-38(23)25(41)37(3)16(2)17-11-18(27(30,31)32)13-19(12-17)28(33,34)35/h4-5,10-13,16,22-23,36H,6-9,14H2,1-3H3,(H,39,40)/t16-,22-,23+,26-/m0/s1. The van der Waals surface area contributed by atoms with Crippen LogP contribution < -0.4 is 5.32 Å². The molecule has 0 radical (unpaired) electrons. The predicted octanol–water partition coefficient (Wildman–Crippen LogP) is 6.70. The van der Waals surface area contributed by atoms with Crippen molar-refractivity contribution in [3.8, 4) is 0 Å². The molecule has 2 saturated heterocycles. The van der Waals surface area contributed by atoms with Gasteiger partial charge in [0, 0.05) is 19.1 Å². The average molecular weight is 590 g/mol. The smallest absolute Gasteiger partial charge is 0.416 e. The summed E-state index contributed by atoms with van der Waals surface area (Å²) >= 11 is 0. The molecule has 2 aromatic rings. The molecule has 0 saturated carbocycles. The first kappa shape index (κ1) is 30.6. The Morgan fingerprint density at radius 1 is 1.05 bits per heavy atom. The lowest BCUT2D eigenvalue weighted by Crippen LogP contribution is -2.56. The fourth-order valence-electron chi connectivity index (χ4n) is 5.88. The Morgan fingerprint density at radius 3 is 2.17 bits per heavy atom. The van der Waals surface area contributed by atoms with Gasteiger partial charge in [0.25, 0.3) is 0 Å². The highest BCUT2D eigenvalue weighted by Gasteiger charge is 2.48. The maximum Gasteiger partial charge on any atom is 0.416 e. The largest absolute Gasteiger partial charge is 0.480 e. The van der Waals surface area contributed by atoms with Crippen LogP contribution in [0.25, 0.3) is 0 Å². The molecule has 13 heteroatoms. The number of aliphatic carboxylic acids is 1. The molecule has 4 rings (SSSR count). The molecule has 0 bridgehead atoms. The van der Waals surface area contributed by atoms with Crippen LogP contribution in [0.5, 0.6) is 0 Å². The second kappa shape index (κ2) is 10.8. The Labute approximate surface area is 232 Å². The lowest BCUT2D eigenvalue weighted by atomic mass is 9.79. The van der Waals surface area contributed by atoms with Crippen molar-refractivity contribution in [3.63, 3.8) is 0 Å². The van der Waals surface area contributed by atoms with Gasteiger partial charge in [-0.15, -0.1) is 0 Å². The van der Waals surface area contributed by atoms with Crippen molar-refractivity contribution >= 4 is 12.0 Å². The first-order valence-electron chi connectivity index (χ1n) is 13.0. The van der Waals surface area contributed by atoms with E-state index < -0.39 is 65.0 Å². The number of carbonyl (C=O) groups excluding carboxylic acids is 1. The van der Waals surface area contributed by atoms with Crippen LogP contribution in [0.3, 0.4) is 0 Å². The topological polar surface area (TPSA) is 72.9 Å². The highest BCUT2D eigenvalue weighted by Crippen LogP contribution is 2.44. The van der Waals surface area contributed by atoms with Crippen molar-refractivity contribution in [1.82, 2.24) is 15.1 Å². The van der Waals surface area contributed by atoms with Crippen LogP contribution in [0.1, 0.15) is 72.5 Å². The van der Waals surface area contributed by atoms with E-state index in [1.54, 1.807) is 6.92 Å². The van der Waals surface area contributed by atoms with Gasteiger partial charge in [-0.2, -0.15) is 26.3 Å². The van der Waals surface area contributed by atoms with Crippen LogP contribution in [0.2, 0.25) is 0 Å². The van der Waals surface area contributed by atoms with Gasteiger partial charge in [0.05, 0.1) is 23.2 Å². The molecular formula is C28H30F7N3O3. The number of alkyl halides is 6. The monoisotopic (exact) mass is 589 g/mol. The summed E-state index contributed by atoms with van der Waals surface area (Å²) in [4.78, 5) is 28.0. The summed E-state index contributed by atoms with van der Waals surface area (Å²) in [5.41, 5.74) is -2.75. The maximum absolute atomic E-state index is 13.9. The number of carboxylic acid groups (broad SMARTS) is 1. The van der Waals surface area contributed by atoms with Gasteiger partial charge in [-0.3, -0.25) is 10.1 Å². The Hall–Kier alpha value is -3.35. The van der Waals surface area contributed by atoms with Crippen molar-refractivity contribution in [2.24, 2.45) is 0 Å². The summed E-state index contributed by atoms with van der Waals surface area (Å²) in [5.74, 6) is -1.49. The number of benzene rings is 2. The number of hydrogen-bond donors (Lipinski definition) is 2. The molecule has 1 spiro atoms. The Bertz CT molecular complexity index is 1300. The number of amides is 2. The minimum Gasteiger partial charge on any atom is -0.480 e. The molecule has 4 atom stereocenters. The molecule has 2 heterocycles. The molecule has 2 fully saturated rings. The summed E-state index contributed by atoms with van der Waals surface area (Å²) in [5, 5.41) is 12.7. The summed E-state index contributed by atoms with van der Waals surface area (Å²) in [6, 6.07) is 2.08. The molecule has 224 valence electrons. The number of piperidine rings is 1. The summed E-state index contributed by atoms with van der Waals surface area (Å²) in [7, 11) is 1.30. The van der Waals surface area contributed by atoms with Crippen LogP contribution in [0.15, 0.2) is 36.4 Å². The molecule has 2 aliphatic heterocycles. The summed E-state index contributed by atoms with van der Waals surface area (Å²) in [6.07, 6.45) is -8.49. The normalized spacial score (nSPS) is 24.0. The minimum absolute atomic E-state index is 0.0362. The second-order valence-corrected chi connectivity index (χ2v) is 10.9. The Morgan fingerprint density at radius 2 is 1.66 bits per heavy atom. The van der Waals surface area contributed by atoms with E-state index in [9.17, 15) is 45.4 Å². The molecule has 0 aliphatic carbocycles. The number of urea groups is 1. The van der Waals surface area contributed by atoms with Crippen LogP contribution in [-0.4, -0.2) is 52.1 Å². The maximum atomic E-state index is 13.9. The number of nitrogens with zero attached hydrogens (tertiary/aromatic N) is 2. The quantitative estimate of drug-likeness (QED) is 0.390. The lowest BCUT2D eigenvalue weighted by Gasteiger charge is -2.47. The Kier molecular flexibility index (Phi) is 8.07. The van der Waals surface area contributed by atoms with Gasteiger partial charge in [0.15, 0.2) is 0 Å². The third kappa shape index (κ3) is 6.29. The molecule has 6 nitrogen and oxygen atoms in total. The number of nitrogens with one attached hydrogen (secondary N) is 1. The van der Waals surface area contributed by atoms with Crippen molar-refractivity contribution in [2.45, 2.75) is 75.5 Å². The molecule has 2 amide bonds. The molecule has 0 aromatic heterocycles. The predicted molar refractivity (Wildman–Crippen MR) is 134 cm³/mol. The number of hydrogen-bond acceptors (Lipinski definition) is 3. The first-order chi connectivity index (χ1) is 18.9. The van der Waals surface area contributed by atoms with Crippen LogP contribution >= 0.6 is 0 Å². The van der Waals surface area contributed by atoms with Crippen molar-refractivity contribution < 1.29 is 45.4 Å². The van der Waals surface area contributed by atoms with Crippen molar-refractivity contribution in [3.05, 3.63) is 70.0 Å². The van der Waals surface area contributed by atoms with Gasteiger partial charge in [-0.25, -0.2) is 9.18 Å². The van der Waals surface area contributed by atoms with E-state index in [1.165, 1.54) is 37.1 Å². The fraction of sp³-hybridized carbons (Fsp3) is 0.500. The average Bonchev–Trinajstić information content (AvgIpc) is 3.29. The van der Waals surface area contributed by atoms with Crippen molar-refractivity contribution in [1.29, 1.82) is 0 Å². The van der Waals surface area contributed by atoms with Gasteiger partial charge in [-0.1, -0.05) is 6.07 Å². The zero-order valence-corrected chi connectivity index (χ0v) is 22.5. The van der Waals surface area contributed by atoms with E-state index in [4.69, 9.17) is 0 Å². The number of halogens is 7. The van der Waals surface area contributed by atoms with Gasteiger partial charge in [0.2, 0.25) is 0 Å². The summed E-state index contributed by atoms with van der Waals surface area (Å²) in [6.45, 7) is 3.14. The number of carbonyl (C=O) groups is 2. The third-order valence-corrected chi connectivity index (χ3v) is 8.29. The van der Waals surface area contributed by atoms with Gasteiger partial charge in [-0.05, 0) is 86.6 Å². The zero-order chi connectivity index (χ0) is 30.5. The molecule has 2 N–H and O–H groups in total. The highest BCUT2D eigenvalue weighted by atomic mass is 19.4. The van der Waals surface area contributed by atoms with E-state index in [1.807, 2.05) is 0 Å². The van der Waals surface area contributed by atoms with Gasteiger partial charge in [0.1, 0.15) is 11.9 Å². The third-order valence-electron chi connectivity index (χ3n) is 8.29. The Balaban J connectivity index is 1.68. The van der Waals surface area contributed by atoms with Gasteiger partial charge >= 0.3 is 24.4 Å². The van der Waals surface area contributed by atoms with Crippen LogP contribution in [0, 0.1) is 12.7 Å². The second-order valence-electron chi connectivity index (χ2n) is 10.9. The first-order valence-corrected chi connectivity index (χ1v) is 13.0. The SMILES string of the molecule is Cc1cc(F)ccc1[C@H]1C[C@]2(CC[C@@H](C(=O)O)N2)CCN1C(=O)N(C)[C@@H](C)c1cc(C(F)(F)F)cc(C(F)(F)F)c1. The van der Waals surface area contributed by atoms with Gasteiger partial charge < -0.3 is 14.9 Å². The van der Waals surface area contributed by atoms with E-state index >= 15 is 0 Å². The number of rotatable bonds is 4.